The first-order valence-electron chi connectivity index (χ1n) is 15.7. The Bertz CT molecular complexity index is 2250. The second-order valence-corrected chi connectivity index (χ2v) is 12.9. The molecule has 1 N–H and O–H groups in total. The van der Waals surface area contributed by atoms with Crippen molar-refractivity contribution in [1.29, 1.82) is 0 Å². The van der Waals surface area contributed by atoms with E-state index in [4.69, 9.17) is 9.40 Å². The number of carbonyl (C=O) groups excluding carboxylic acids is 1. The predicted octanol–water partition coefficient (Wildman–Crippen LogP) is 4.80. The fourth-order valence-corrected chi connectivity index (χ4v) is 7.27. The zero-order valence-corrected chi connectivity index (χ0v) is 27.2. The van der Waals surface area contributed by atoms with Gasteiger partial charge in [0.2, 0.25) is 5.91 Å². The Morgan fingerprint density at radius 1 is 1.11 bits per heavy atom. The maximum atomic E-state index is 16.6. The highest BCUT2D eigenvalue weighted by atomic mass is 19.1. The van der Waals surface area contributed by atoms with E-state index >= 15 is 4.39 Å². The van der Waals surface area contributed by atoms with E-state index in [0.717, 1.165) is 5.56 Å². The zero-order valence-electron chi connectivity index (χ0n) is 27.2. The molecule has 1 fully saturated rings. The SMILES string of the molecule is C=CC(=O)N1CC2CN(C)c3c(c4cc(F)c(-c5c(C)ccc6[nH]c(=O)oc56)nc4n(-c4c(C)ccnc4C(C)C)c3=O)N2CC1C. The summed E-state index contributed by atoms with van der Waals surface area (Å²) in [6.45, 7) is 14.7. The first kappa shape index (κ1) is 30.4. The number of aromatic nitrogens is 4. The average Bonchev–Trinajstić information content (AvgIpc) is 3.41. The number of likely N-dealkylation sites (N-methyl/N-ethyl adjacent to an activating group) is 1. The number of aryl methyl sites for hydroxylation is 2. The Balaban J connectivity index is 1.60. The number of piperazine rings is 1. The molecule has 2 aliphatic heterocycles. The molecule has 7 rings (SSSR count). The Kier molecular flexibility index (Phi) is 7.07. The Morgan fingerprint density at radius 2 is 1.87 bits per heavy atom. The molecule has 2 aliphatic rings. The zero-order chi connectivity index (χ0) is 33.5. The number of halogens is 1. The quantitative estimate of drug-likeness (QED) is 0.279. The molecular formula is C35H36FN7O4. The van der Waals surface area contributed by atoms with Crippen LogP contribution in [-0.4, -0.2) is 69.1 Å². The van der Waals surface area contributed by atoms with E-state index in [2.05, 4.69) is 21.4 Å². The van der Waals surface area contributed by atoms with E-state index in [-0.39, 0.29) is 46.4 Å². The largest absolute Gasteiger partial charge is 0.417 e. The monoisotopic (exact) mass is 637 g/mol. The van der Waals surface area contributed by atoms with Gasteiger partial charge in [-0.05, 0) is 62.1 Å². The molecule has 4 aromatic heterocycles. The van der Waals surface area contributed by atoms with E-state index < -0.39 is 11.6 Å². The average molecular weight is 638 g/mol. The number of benzene rings is 1. The van der Waals surface area contributed by atoms with Crippen molar-refractivity contribution < 1.29 is 13.6 Å². The minimum atomic E-state index is -0.663. The van der Waals surface area contributed by atoms with Crippen LogP contribution in [-0.2, 0) is 4.79 Å². The second kappa shape index (κ2) is 10.9. The molecule has 0 aliphatic carbocycles. The lowest BCUT2D eigenvalue weighted by molar-refractivity contribution is -0.128. The predicted molar refractivity (Wildman–Crippen MR) is 180 cm³/mol. The van der Waals surface area contributed by atoms with Gasteiger partial charge in [-0.3, -0.25) is 24.1 Å². The van der Waals surface area contributed by atoms with E-state index in [1.807, 2.05) is 45.7 Å². The maximum Gasteiger partial charge on any atom is 0.417 e. The van der Waals surface area contributed by atoms with Crippen molar-refractivity contribution >= 4 is 39.4 Å². The van der Waals surface area contributed by atoms with Crippen molar-refractivity contribution in [2.45, 2.75) is 52.6 Å². The van der Waals surface area contributed by atoms with Gasteiger partial charge in [-0.1, -0.05) is 26.5 Å². The highest BCUT2D eigenvalue weighted by Gasteiger charge is 2.41. The molecule has 242 valence electrons. The third-order valence-corrected chi connectivity index (χ3v) is 9.46. The number of amides is 1. The number of nitrogens with one attached hydrogen (secondary N) is 1. The molecule has 0 bridgehead atoms. The molecule has 1 amide bonds. The molecule has 6 heterocycles. The number of oxazole rings is 1. The Morgan fingerprint density at radius 3 is 2.60 bits per heavy atom. The number of H-pyrrole nitrogens is 1. The van der Waals surface area contributed by atoms with Crippen molar-refractivity contribution in [3.63, 3.8) is 0 Å². The minimum Gasteiger partial charge on any atom is -0.407 e. The summed E-state index contributed by atoms with van der Waals surface area (Å²) in [4.78, 5) is 58.0. The number of pyridine rings is 3. The van der Waals surface area contributed by atoms with Crippen LogP contribution in [0, 0.1) is 19.7 Å². The topological polar surface area (TPSA) is 121 Å². The van der Waals surface area contributed by atoms with E-state index in [0.29, 0.717) is 64.4 Å². The summed E-state index contributed by atoms with van der Waals surface area (Å²) in [5.41, 5.74) is 4.59. The maximum absolute atomic E-state index is 16.6. The van der Waals surface area contributed by atoms with Gasteiger partial charge in [0.25, 0.3) is 5.56 Å². The van der Waals surface area contributed by atoms with Gasteiger partial charge < -0.3 is 19.1 Å². The van der Waals surface area contributed by atoms with Crippen molar-refractivity contribution in [2.24, 2.45) is 0 Å². The highest BCUT2D eigenvalue weighted by Crippen LogP contribution is 2.43. The molecule has 1 saturated heterocycles. The van der Waals surface area contributed by atoms with Gasteiger partial charge in [0, 0.05) is 44.3 Å². The van der Waals surface area contributed by atoms with Crippen LogP contribution in [0.2, 0.25) is 0 Å². The van der Waals surface area contributed by atoms with Gasteiger partial charge in [-0.25, -0.2) is 14.2 Å². The summed E-state index contributed by atoms with van der Waals surface area (Å²) >= 11 is 0. The van der Waals surface area contributed by atoms with E-state index in [1.54, 1.807) is 34.7 Å². The molecule has 12 heteroatoms. The van der Waals surface area contributed by atoms with Crippen molar-refractivity contribution in [2.75, 3.05) is 36.5 Å². The Labute approximate surface area is 269 Å². The molecular weight excluding hydrogens is 601 g/mol. The molecule has 47 heavy (non-hydrogen) atoms. The van der Waals surface area contributed by atoms with Gasteiger partial charge in [0.15, 0.2) is 11.2 Å². The van der Waals surface area contributed by atoms with E-state index in [9.17, 15) is 14.4 Å². The third-order valence-electron chi connectivity index (χ3n) is 9.46. The third kappa shape index (κ3) is 4.56. The number of hydrogen-bond donors (Lipinski definition) is 1. The van der Waals surface area contributed by atoms with Gasteiger partial charge in [-0.15, -0.1) is 0 Å². The number of hydrogen-bond acceptors (Lipinski definition) is 8. The van der Waals surface area contributed by atoms with Gasteiger partial charge in [-0.2, -0.15) is 0 Å². The van der Waals surface area contributed by atoms with Crippen LogP contribution in [0.15, 0.2) is 57.1 Å². The number of rotatable bonds is 4. The standard InChI is InChI=1S/C35H36FN7O4/c1-8-25(44)41-16-21-15-40(7)31-30(42(21)14-20(41)6)22-13-23(36)28(26-18(4)9-10-24-32(26)47-35(46)38-24)39-33(22)43(34(31)45)29-19(5)11-12-37-27(29)17(2)3/h8-13,17,20-21H,1,14-16H2,2-7H3,(H,38,46). The van der Waals surface area contributed by atoms with Crippen LogP contribution < -0.4 is 21.1 Å². The molecule has 0 spiro atoms. The lowest BCUT2D eigenvalue weighted by atomic mass is 9.98. The number of carbonyl (C=O) groups is 1. The first-order chi connectivity index (χ1) is 22.4. The smallest absolute Gasteiger partial charge is 0.407 e. The molecule has 2 atom stereocenters. The summed E-state index contributed by atoms with van der Waals surface area (Å²) < 4.78 is 23.7. The van der Waals surface area contributed by atoms with Crippen LogP contribution in [0.4, 0.5) is 15.8 Å². The van der Waals surface area contributed by atoms with Crippen LogP contribution in [0.25, 0.3) is 39.1 Å². The van der Waals surface area contributed by atoms with Crippen LogP contribution in [0.3, 0.4) is 0 Å². The summed E-state index contributed by atoms with van der Waals surface area (Å²) in [5, 5.41) is 0.450. The molecule has 1 aromatic carbocycles. The van der Waals surface area contributed by atoms with Crippen LogP contribution >= 0.6 is 0 Å². The fourth-order valence-electron chi connectivity index (χ4n) is 7.27. The number of anilines is 2. The number of nitrogens with zero attached hydrogens (tertiary/aromatic N) is 6. The highest BCUT2D eigenvalue weighted by molar-refractivity contribution is 6.01. The lowest BCUT2D eigenvalue weighted by Gasteiger charge is -2.51. The van der Waals surface area contributed by atoms with Crippen molar-refractivity contribution in [3.05, 3.63) is 86.7 Å². The first-order valence-corrected chi connectivity index (χ1v) is 15.7. The molecule has 0 saturated carbocycles. The van der Waals surface area contributed by atoms with E-state index in [1.165, 1.54) is 12.1 Å². The summed E-state index contributed by atoms with van der Waals surface area (Å²) in [6, 6.07) is 6.39. The van der Waals surface area contributed by atoms with Crippen LogP contribution in [0.5, 0.6) is 0 Å². The van der Waals surface area contributed by atoms with Gasteiger partial charge in [0.05, 0.1) is 34.2 Å². The second-order valence-electron chi connectivity index (χ2n) is 12.9. The number of aromatic amines is 1. The Hall–Kier alpha value is -5.26. The molecule has 5 aromatic rings. The van der Waals surface area contributed by atoms with Crippen molar-refractivity contribution in [3.8, 4) is 16.9 Å². The van der Waals surface area contributed by atoms with Crippen molar-refractivity contribution in [1.82, 2.24) is 24.4 Å². The normalized spacial score (nSPS) is 17.8. The summed E-state index contributed by atoms with van der Waals surface area (Å²) in [6.07, 6.45) is 3.04. The molecule has 0 radical (unpaired) electrons. The van der Waals surface area contributed by atoms with Gasteiger partial charge >= 0.3 is 5.76 Å². The van der Waals surface area contributed by atoms with Gasteiger partial charge in [0.1, 0.15) is 17.2 Å². The summed E-state index contributed by atoms with van der Waals surface area (Å²) in [5.74, 6) is -1.48. The molecule has 2 unspecified atom stereocenters. The number of fused-ring (bicyclic) bond motifs is 6. The van der Waals surface area contributed by atoms with Crippen LogP contribution in [0.1, 0.15) is 43.5 Å². The molecule has 11 nitrogen and oxygen atoms in total. The fraction of sp³-hybridized carbons (Fsp3) is 0.343. The summed E-state index contributed by atoms with van der Waals surface area (Å²) in [7, 11) is 1.85. The minimum absolute atomic E-state index is 0.0358. The lowest BCUT2D eigenvalue weighted by Crippen LogP contribution is -2.64.